The summed E-state index contributed by atoms with van der Waals surface area (Å²) in [5.74, 6) is 0.955. The van der Waals surface area contributed by atoms with Crippen LogP contribution in [0, 0.1) is 0 Å². The second-order valence-electron chi connectivity index (χ2n) is 5.90. The lowest BCUT2D eigenvalue weighted by Crippen LogP contribution is -2.37. The van der Waals surface area contributed by atoms with Gasteiger partial charge < -0.3 is 10.1 Å². The molecular weight excluding hydrogens is 318 g/mol. The second-order valence-corrected chi connectivity index (χ2v) is 6.33. The van der Waals surface area contributed by atoms with Crippen molar-refractivity contribution in [3.63, 3.8) is 0 Å². The molecule has 0 amide bonds. The van der Waals surface area contributed by atoms with Crippen LogP contribution in [-0.2, 0) is 4.74 Å². The fraction of sp³-hybridized carbons (Fsp3) is 0.467. The summed E-state index contributed by atoms with van der Waals surface area (Å²) in [5.41, 5.74) is 0.867. The largest absolute Gasteiger partial charge is 0.377 e. The van der Waals surface area contributed by atoms with Crippen LogP contribution in [0.2, 0.25) is 5.02 Å². The van der Waals surface area contributed by atoms with Gasteiger partial charge in [-0.2, -0.15) is 5.10 Å². The number of aromatic nitrogens is 4. The molecule has 2 atom stereocenters. The van der Waals surface area contributed by atoms with E-state index in [1.165, 1.54) is 17.1 Å². The Kier molecular flexibility index (Phi) is 3.74. The molecule has 2 unspecified atom stereocenters. The number of hydrogen-bond donors (Lipinski definition) is 1. The number of rotatable bonds is 4. The fourth-order valence-electron chi connectivity index (χ4n) is 2.75. The first-order valence-corrected chi connectivity index (χ1v) is 8.00. The SMILES string of the molecule is O=c1ccc(C2CC2)nn1C1COCC1Nc1ncc(Cl)cn1. The van der Waals surface area contributed by atoms with Gasteiger partial charge in [-0.15, -0.1) is 0 Å². The van der Waals surface area contributed by atoms with E-state index in [9.17, 15) is 4.79 Å². The highest BCUT2D eigenvalue weighted by atomic mass is 35.5. The van der Waals surface area contributed by atoms with Crippen molar-refractivity contribution in [2.24, 2.45) is 0 Å². The summed E-state index contributed by atoms with van der Waals surface area (Å²) >= 11 is 5.79. The lowest BCUT2D eigenvalue weighted by Gasteiger charge is -2.20. The highest BCUT2D eigenvalue weighted by Crippen LogP contribution is 2.38. The van der Waals surface area contributed by atoms with Crippen LogP contribution < -0.4 is 10.9 Å². The molecule has 0 bridgehead atoms. The Morgan fingerprint density at radius 1 is 1.22 bits per heavy atom. The maximum atomic E-state index is 12.2. The van der Waals surface area contributed by atoms with E-state index in [1.54, 1.807) is 6.07 Å². The summed E-state index contributed by atoms with van der Waals surface area (Å²) < 4.78 is 7.08. The van der Waals surface area contributed by atoms with Crippen molar-refractivity contribution in [2.75, 3.05) is 18.5 Å². The monoisotopic (exact) mass is 333 g/mol. The molecule has 4 rings (SSSR count). The first-order valence-electron chi connectivity index (χ1n) is 7.62. The second kappa shape index (κ2) is 5.90. The Bertz CT molecular complexity index is 759. The van der Waals surface area contributed by atoms with Crippen LogP contribution in [0.4, 0.5) is 5.95 Å². The molecule has 1 N–H and O–H groups in total. The van der Waals surface area contributed by atoms with Crippen molar-refractivity contribution in [1.82, 2.24) is 19.7 Å². The molecule has 2 aliphatic rings. The van der Waals surface area contributed by atoms with Gasteiger partial charge in [-0.05, 0) is 18.9 Å². The van der Waals surface area contributed by atoms with Gasteiger partial charge in [0.15, 0.2) is 0 Å². The predicted octanol–water partition coefficient (Wildman–Crippen LogP) is 1.62. The van der Waals surface area contributed by atoms with Crippen molar-refractivity contribution in [3.8, 4) is 0 Å². The molecule has 8 heteroatoms. The number of nitrogens with zero attached hydrogens (tertiary/aromatic N) is 4. The quantitative estimate of drug-likeness (QED) is 0.915. The molecular formula is C15H16ClN5O2. The molecule has 2 fully saturated rings. The van der Waals surface area contributed by atoms with Crippen molar-refractivity contribution in [1.29, 1.82) is 0 Å². The summed E-state index contributed by atoms with van der Waals surface area (Å²) in [6, 6.07) is 3.13. The summed E-state index contributed by atoms with van der Waals surface area (Å²) in [5, 5.41) is 8.22. The molecule has 0 radical (unpaired) electrons. The molecule has 23 heavy (non-hydrogen) atoms. The minimum absolute atomic E-state index is 0.115. The number of ether oxygens (including phenoxy) is 1. The first-order chi connectivity index (χ1) is 11.2. The van der Waals surface area contributed by atoms with Crippen LogP contribution in [0.5, 0.6) is 0 Å². The molecule has 2 aromatic heterocycles. The third-order valence-corrected chi connectivity index (χ3v) is 4.34. The van der Waals surface area contributed by atoms with E-state index in [-0.39, 0.29) is 17.6 Å². The van der Waals surface area contributed by atoms with E-state index in [1.807, 2.05) is 6.07 Å². The maximum Gasteiger partial charge on any atom is 0.267 e. The summed E-state index contributed by atoms with van der Waals surface area (Å²) in [6.45, 7) is 0.907. The Hall–Kier alpha value is -1.99. The molecule has 7 nitrogen and oxygen atoms in total. The van der Waals surface area contributed by atoms with Gasteiger partial charge in [0.05, 0.1) is 42.4 Å². The lowest BCUT2D eigenvalue weighted by molar-refractivity contribution is 0.182. The Balaban J connectivity index is 1.58. The topological polar surface area (TPSA) is 81.9 Å². The zero-order valence-corrected chi connectivity index (χ0v) is 13.1. The number of nitrogens with one attached hydrogen (secondary N) is 1. The lowest BCUT2D eigenvalue weighted by atomic mass is 10.1. The van der Waals surface area contributed by atoms with E-state index in [4.69, 9.17) is 16.3 Å². The van der Waals surface area contributed by atoms with E-state index >= 15 is 0 Å². The zero-order chi connectivity index (χ0) is 15.8. The minimum Gasteiger partial charge on any atom is -0.377 e. The minimum atomic E-state index is -0.180. The highest BCUT2D eigenvalue weighted by Gasteiger charge is 2.33. The number of halogens is 1. The van der Waals surface area contributed by atoms with Gasteiger partial charge in [-0.25, -0.2) is 14.6 Å². The average molecular weight is 334 g/mol. The van der Waals surface area contributed by atoms with Crippen LogP contribution in [0.25, 0.3) is 0 Å². The summed E-state index contributed by atoms with van der Waals surface area (Å²) in [4.78, 5) is 20.5. The normalized spacial score (nSPS) is 23.9. The van der Waals surface area contributed by atoms with Gasteiger partial charge >= 0.3 is 0 Å². The van der Waals surface area contributed by atoms with Gasteiger partial charge in [-0.3, -0.25) is 4.79 Å². The van der Waals surface area contributed by atoms with Crippen LogP contribution >= 0.6 is 11.6 Å². The van der Waals surface area contributed by atoms with Crippen molar-refractivity contribution < 1.29 is 4.74 Å². The number of hydrogen-bond acceptors (Lipinski definition) is 6. The van der Waals surface area contributed by atoms with E-state index < -0.39 is 0 Å². The van der Waals surface area contributed by atoms with Crippen molar-refractivity contribution in [3.05, 3.63) is 45.6 Å². The third kappa shape index (κ3) is 3.07. The Morgan fingerprint density at radius 3 is 2.74 bits per heavy atom. The fourth-order valence-corrected chi connectivity index (χ4v) is 2.85. The van der Waals surface area contributed by atoms with Gasteiger partial charge in [0.2, 0.25) is 5.95 Å². The maximum absolute atomic E-state index is 12.2. The van der Waals surface area contributed by atoms with Gasteiger partial charge in [0, 0.05) is 12.0 Å². The van der Waals surface area contributed by atoms with Gasteiger partial charge in [0.25, 0.3) is 5.56 Å². The van der Waals surface area contributed by atoms with E-state index in [2.05, 4.69) is 20.4 Å². The van der Waals surface area contributed by atoms with Gasteiger partial charge in [0.1, 0.15) is 6.04 Å². The third-order valence-electron chi connectivity index (χ3n) is 4.14. The van der Waals surface area contributed by atoms with Crippen molar-refractivity contribution >= 4 is 17.5 Å². The molecule has 3 heterocycles. The van der Waals surface area contributed by atoms with E-state index in [0.29, 0.717) is 30.1 Å². The first kappa shape index (κ1) is 14.6. The molecule has 2 aromatic rings. The van der Waals surface area contributed by atoms with Crippen molar-refractivity contribution in [2.45, 2.75) is 30.8 Å². The highest BCUT2D eigenvalue weighted by molar-refractivity contribution is 6.30. The standard InChI is InChI=1S/C15H16ClN5O2/c16-10-5-17-15(18-6-10)19-12-7-23-8-13(12)21-14(22)4-3-11(20-21)9-1-2-9/h3-6,9,12-13H,1-2,7-8H2,(H,17,18,19). The smallest absolute Gasteiger partial charge is 0.267 e. The van der Waals surface area contributed by atoms with E-state index in [0.717, 1.165) is 18.5 Å². The predicted molar refractivity (Wildman–Crippen MR) is 84.8 cm³/mol. The molecule has 0 aromatic carbocycles. The average Bonchev–Trinajstić information content (AvgIpc) is 3.30. The van der Waals surface area contributed by atoms with Crippen LogP contribution in [-0.4, -0.2) is 39.0 Å². The molecule has 1 saturated carbocycles. The molecule has 1 aliphatic heterocycles. The van der Waals surface area contributed by atoms with Crippen LogP contribution in [0.15, 0.2) is 29.3 Å². The Labute approximate surface area is 137 Å². The summed E-state index contributed by atoms with van der Waals surface area (Å²) in [7, 11) is 0. The Morgan fingerprint density at radius 2 is 2.00 bits per heavy atom. The molecule has 1 aliphatic carbocycles. The van der Waals surface area contributed by atoms with Crippen LogP contribution in [0.3, 0.4) is 0 Å². The van der Waals surface area contributed by atoms with Gasteiger partial charge in [-0.1, -0.05) is 11.6 Å². The zero-order valence-electron chi connectivity index (χ0n) is 12.4. The summed E-state index contributed by atoms with van der Waals surface area (Å²) in [6.07, 6.45) is 5.35. The molecule has 120 valence electrons. The molecule has 1 saturated heterocycles. The molecule has 0 spiro atoms. The number of anilines is 1. The van der Waals surface area contributed by atoms with Crippen LogP contribution in [0.1, 0.15) is 30.5 Å².